The van der Waals surface area contributed by atoms with E-state index in [1.165, 1.54) is 6.20 Å². The third kappa shape index (κ3) is 2.42. The fraction of sp³-hybridized carbons (Fsp3) is 0.0833. The zero-order valence-electron chi connectivity index (χ0n) is 8.84. The Morgan fingerprint density at radius 2 is 2.12 bits per heavy atom. The van der Waals surface area contributed by atoms with Gasteiger partial charge < -0.3 is 5.32 Å². The second-order valence-electron chi connectivity index (χ2n) is 3.43. The first kappa shape index (κ1) is 10.3. The molecule has 0 saturated heterocycles. The van der Waals surface area contributed by atoms with Crippen molar-refractivity contribution in [2.24, 2.45) is 0 Å². The van der Waals surface area contributed by atoms with Gasteiger partial charge in [0.05, 0.1) is 0 Å². The van der Waals surface area contributed by atoms with Crippen molar-refractivity contribution >= 4 is 11.6 Å². The highest BCUT2D eigenvalue weighted by Crippen LogP contribution is 2.10. The number of benzene rings is 1. The normalized spacial score (nSPS) is 9.81. The van der Waals surface area contributed by atoms with Gasteiger partial charge in [0.15, 0.2) is 5.69 Å². The van der Waals surface area contributed by atoms with Crippen molar-refractivity contribution in [3.63, 3.8) is 0 Å². The van der Waals surface area contributed by atoms with E-state index in [4.69, 9.17) is 0 Å². The van der Waals surface area contributed by atoms with Crippen LogP contribution in [0.15, 0.2) is 42.6 Å². The Balaban J connectivity index is 2.14. The second-order valence-corrected chi connectivity index (χ2v) is 3.43. The van der Waals surface area contributed by atoms with Gasteiger partial charge in [0.25, 0.3) is 5.91 Å². The van der Waals surface area contributed by atoms with Crippen molar-refractivity contribution in [1.29, 1.82) is 0 Å². The number of nitrogens with zero attached hydrogens (tertiary/aromatic N) is 2. The van der Waals surface area contributed by atoms with Crippen molar-refractivity contribution in [3.05, 3.63) is 53.9 Å². The average Bonchev–Trinajstić information content (AvgIpc) is 2.30. The molecule has 0 bridgehead atoms. The van der Waals surface area contributed by atoms with Crippen LogP contribution in [0.25, 0.3) is 0 Å². The molecule has 4 heteroatoms. The molecule has 0 radical (unpaired) electrons. The molecule has 4 nitrogen and oxygen atoms in total. The monoisotopic (exact) mass is 213 g/mol. The van der Waals surface area contributed by atoms with Gasteiger partial charge >= 0.3 is 0 Å². The first-order valence-electron chi connectivity index (χ1n) is 4.91. The maximum Gasteiger partial charge on any atom is 0.276 e. The number of rotatable bonds is 2. The first-order valence-corrected chi connectivity index (χ1v) is 4.91. The first-order chi connectivity index (χ1) is 7.75. The van der Waals surface area contributed by atoms with Gasteiger partial charge in [-0.3, -0.25) is 4.79 Å². The zero-order chi connectivity index (χ0) is 11.4. The summed E-state index contributed by atoms with van der Waals surface area (Å²) < 4.78 is 0. The van der Waals surface area contributed by atoms with Gasteiger partial charge in [-0.05, 0) is 36.8 Å². The molecular formula is C12H11N3O. The summed E-state index contributed by atoms with van der Waals surface area (Å²) in [6.07, 6.45) is 1.53. The van der Waals surface area contributed by atoms with Crippen molar-refractivity contribution in [2.75, 3.05) is 5.32 Å². The summed E-state index contributed by atoms with van der Waals surface area (Å²) in [7, 11) is 0. The number of carbonyl (C=O) groups is 1. The molecule has 1 heterocycles. The molecule has 0 fully saturated rings. The third-order valence-electron chi connectivity index (χ3n) is 2.08. The summed E-state index contributed by atoms with van der Waals surface area (Å²) >= 11 is 0. The van der Waals surface area contributed by atoms with Gasteiger partial charge in [-0.25, -0.2) is 0 Å². The van der Waals surface area contributed by atoms with E-state index in [0.29, 0.717) is 5.69 Å². The zero-order valence-corrected chi connectivity index (χ0v) is 8.84. The van der Waals surface area contributed by atoms with Gasteiger partial charge in [0.1, 0.15) is 0 Å². The number of anilines is 1. The maximum absolute atomic E-state index is 11.7. The molecule has 0 spiro atoms. The summed E-state index contributed by atoms with van der Waals surface area (Å²) in [5.74, 6) is -0.251. The number of aryl methyl sites for hydroxylation is 1. The highest BCUT2D eigenvalue weighted by atomic mass is 16.1. The number of aromatic nitrogens is 2. The van der Waals surface area contributed by atoms with Crippen molar-refractivity contribution in [2.45, 2.75) is 6.92 Å². The van der Waals surface area contributed by atoms with Gasteiger partial charge in [-0.15, -0.1) is 5.10 Å². The molecule has 1 aromatic carbocycles. The average molecular weight is 213 g/mol. The van der Waals surface area contributed by atoms with Crippen LogP contribution in [0.3, 0.4) is 0 Å². The smallest absolute Gasteiger partial charge is 0.276 e. The van der Waals surface area contributed by atoms with Crippen molar-refractivity contribution in [3.8, 4) is 0 Å². The fourth-order valence-corrected chi connectivity index (χ4v) is 1.34. The lowest BCUT2D eigenvalue weighted by molar-refractivity contribution is 0.102. The molecule has 1 amide bonds. The van der Waals surface area contributed by atoms with E-state index in [1.54, 1.807) is 12.1 Å². The molecule has 0 aliphatic rings. The molecule has 0 aliphatic carbocycles. The minimum atomic E-state index is -0.251. The lowest BCUT2D eigenvalue weighted by Crippen LogP contribution is -2.13. The molecule has 0 atom stereocenters. The number of amides is 1. The van der Waals surface area contributed by atoms with Crippen molar-refractivity contribution < 1.29 is 4.79 Å². The third-order valence-corrected chi connectivity index (χ3v) is 2.08. The highest BCUT2D eigenvalue weighted by Gasteiger charge is 2.06. The van der Waals surface area contributed by atoms with Gasteiger partial charge in [0, 0.05) is 11.9 Å². The molecule has 1 N–H and O–H groups in total. The van der Waals surface area contributed by atoms with E-state index in [-0.39, 0.29) is 5.91 Å². The number of nitrogens with one attached hydrogen (secondary N) is 1. The van der Waals surface area contributed by atoms with Gasteiger partial charge in [-0.2, -0.15) is 5.10 Å². The second kappa shape index (κ2) is 4.53. The molecular weight excluding hydrogens is 202 g/mol. The summed E-state index contributed by atoms with van der Waals surface area (Å²) in [5, 5.41) is 10.1. The predicted molar refractivity (Wildman–Crippen MR) is 61.2 cm³/mol. The topological polar surface area (TPSA) is 54.9 Å². The minimum Gasteiger partial charge on any atom is -0.321 e. The van der Waals surface area contributed by atoms with E-state index >= 15 is 0 Å². The number of hydrogen-bond acceptors (Lipinski definition) is 3. The summed E-state index contributed by atoms with van der Waals surface area (Å²) in [5.41, 5.74) is 2.16. The number of carbonyl (C=O) groups excluding carboxylic acids is 1. The largest absolute Gasteiger partial charge is 0.321 e. The van der Waals surface area contributed by atoms with E-state index in [9.17, 15) is 4.79 Å². The number of hydrogen-bond donors (Lipinski definition) is 1. The van der Waals surface area contributed by atoms with Crippen LogP contribution in [0.4, 0.5) is 5.69 Å². The van der Waals surface area contributed by atoms with E-state index < -0.39 is 0 Å². The van der Waals surface area contributed by atoms with Crippen LogP contribution in [0, 0.1) is 6.92 Å². The molecule has 2 rings (SSSR count). The fourth-order valence-electron chi connectivity index (χ4n) is 1.34. The Morgan fingerprint density at radius 1 is 1.25 bits per heavy atom. The summed E-state index contributed by atoms with van der Waals surface area (Å²) in [6, 6.07) is 10.9. The Morgan fingerprint density at radius 3 is 2.81 bits per heavy atom. The maximum atomic E-state index is 11.7. The molecule has 80 valence electrons. The molecule has 0 unspecified atom stereocenters. The van der Waals surface area contributed by atoms with E-state index in [0.717, 1.165) is 11.3 Å². The Kier molecular flexibility index (Phi) is 2.91. The van der Waals surface area contributed by atoms with Crippen LogP contribution >= 0.6 is 0 Å². The van der Waals surface area contributed by atoms with Crippen LogP contribution in [0.5, 0.6) is 0 Å². The highest BCUT2D eigenvalue weighted by molar-refractivity contribution is 6.02. The van der Waals surface area contributed by atoms with Crippen LogP contribution in [0.1, 0.15) is 16.1 Å². The van der Waals surface area contributed by atoms with Gasteiger partial charge in [0.2, 0.25) is 0 Å². The standard InChI is InChI=1S/C12H11N3O/c1-9-4-2-5-10(8-9)14-12(16)11-6-3-7-13-15-11/h2-8H,1H3,(H,14,16). The Bertz CT molecular complexity index is 497. The molecule has 0 aliphatic heterocycles. The van der Waals surface area contributed by atoms with E-state index in [1.807, 2.05) is 31.2 Å². The van der Waals surface area contributed by atoms with Crippen LogP contribution in [-0.2, 0) is 0 Å². The quantitative estimate of drug-likeness (QED) is 0.830. The summed E-state index contributed by atoms with van der Waals surface area (Å²) in [6.45, 7) is 1.97. The predicted octanol–water partition coefficient (Wildman–Crippen LogP) is 2.04. The Labute approximate surface area is 93.3 Å². The summed E-state index contributed by atoms with van der Waals surface area (Å²) in [4.78, 5) is 11.7. The van der Waals surface area contributed by atoms with Crippen LogP contribution in [-0.4, -0.2) is 16.1 Å². The van der Waals surface area contributed by atoms with Crippen LogP contribution in [0.2, 0.25) is 0 Å². The minimum absolute atomic E-state index is 0.251. The van der Waals surface area contributed by atoms with Crippen molar-refractivity contribution in [1.82, 2.24) is 10.2 Å². The molecule has 16 heavy (non-hydrogen) atoms. The molecule has 1 aromatic heterocycles. The Hall–Kier alpha value is -2.23. The lowest BCUT2D eigenvalue weighted by atomic mass is 10.2. The molecule has 0 saturated carbocycles. The van der Waals surface area contributed by atoms with Gasteiger partial charge in [-0.1, -0.05) is 12.1 Å². The van der Waals surface area contributed by atoms with Crippen LogP contribution < -0.4 is 5.32 Å². The molecule has 2 aromatic rings. The SMILES string of the molecule is Cc1cccc(NC(=O)c2cccnn2)c1. The lowest BCUT2D eigenvalue weighted by Gasteiger charge is -2.04. The van der Waals surface area contributed by atoms with E-state index in [2.05, 4.69) is 15.5 Å².